The number of anilines is 1. The molecule has 2 amide bonds. The highest BCUT2D eigenvalue weighted by molar-refractivity contribution is 6.06. The number of hydrogen-bond donors (Lipinski definition) is 2. The van der Waals surface area contributed by atoms with Crippen molar-refractivity contribution in [3.8, 4) is 6.07 Å². The van der Waals surface area contributed by atoms with Crippen molar-refractivity contribution in [2.24, 2.45) is 0 Å². The molecular weight excluding hydrogens is 342 g/mol. The molecule has 7 nitrogen and oxygen atoms in total. The first-order valence-corrected chi connectivity index (χ1v) is 8.63. The van der Waals surface area contributed by atoms with Crippen LogP contribution in [-0.4, -0.2) is 27.2 Å². The molecule has 27 heavy (non-hydrogen) atoms. The maximum Gasteiger partial charge on any atom is 0.292 e. The van der Waals surface area contributed by atoms with Crippen molar-refractivity contribution in [2.75, 3.05) is 5.32 Å². The number of amides is 2. The van der Waals surface area contributed by atoms with Crippen molar-refractivity contribution in [3.05, 3.63) is 65.7 Å². The number of nitriles is 1. The van der Waals surface area contributed by atoms with E-state index < -0.39 is 5.91 Å². The summed E-state index contributed by atoms with van der Waals surface area (Å²) < 4.78 is 1.58. The number of imidazole rings is 1. The Hall–Kier alpha value is -3.66. The zero-order valence-corrected chi connectivity index (χ0v) is 15.1. The Morgan fingerprint density at radius 2 is 2.04 bits per heavy atom. The Bertz CT molecular complexity index is 1050. The van der Waals surface area contributed by atoms with E-state index in [2.05, 4.69) is 15.6 Å². The lowest BCUT2D eigenvalue weighted by Crippen LogP contribution is -2.32. The van der Waals surface area contributed by atoms with E-state index in [4.69, 9.17) is 5.26 Å². The second kappa shape index (κ2) is 7.70. The molecule has 2 heterocycles. The molecule has 1 unspecified atom stereocenters. The maximum atomic E-state index is 12.7. The highest BCUT2D eigenvalue weighted by atomic mass is 16.2. The van der Waals surface area contributed by atoms with E-state index in [1.807, 2.05) is 19.9 Å². The zero-order chi connectivity index (χ0) is 19.4. The number of pyridine rings is 1. The van der Waals surface area contributed by atoms with Gasteiger partial charge < -0.3 is 10.6 Å². The largest absolute Gasteiger partial charge is 0.348 e. The lowest BCUT2D eigenvalue weighted by molar-refractivity contribution is 0.0936. The van der Waals surface area contributed by atoms with Crippen molar-refractivity contribution in [1.82, 2.24) is 14.7 Å². The summed E-state index contributed by atoms with van der Waals surface area (Å²) in [5, 5.41) is 14.6. The van der Waals surface area contributed by atoms with Gasteiger partial charge in [0.1, 0.15) is 0 Å². The lowest BCUT2D eigenvalue weighted by Gasteiger charge is -2.09. The normalized spacial score (nSPS) is 11.6. The summed E-state index contributed by atoms with van der Waals surface area (Å²) in [6.07, 6.45) is 2.48. The van der Waals surface area contributed by atoms with Gasteiger partial charge in [0, 0.05) is 17.9 Å². The molecular formula is C20H19N5O2. The third-order valence-corrected chi connectivity index (χ3v) is 4.21. The molecule has 2 aromatic heterocycles. The van der Waals surface area contributed by atoms with Gasteiger partial charge in [0.15, 0.2) is 5.69 Å². The number of aromatic nitrogens is 2. The highest BCUT2D eigenvalue weighted by Gasteiger charge is 2.22. The molecule has 0 spiro atoms. The summed E-state index contributed by atoms with van der Waals surface area (Å²) in [5.41, 5.74) is 1.67. The van der Waals surface area contributed by atoms with Gasteiger partial charge in [-0.2, -0.15) is 5.26 Å². The number of nitrogens with zero attached hydrogens (tertiary/aromatic N) is 3. The molecule has 0 saturated heterocycles. The summed E-state index contributed by atoms with van der Waals surface area (Å²) in [4.78, 5) is 29.6. The van der Waals surface area contributed by atoms with E-state index in [0.29, 0.717) is 16.8 Å². The monoisotopic (exact) mass is 361 g/mol. The molecule has 0 aliphatic carbocycles. The quantitative estimate of drug-likeness (QED) is 0.730. The number of nitrogens with one attached hydrogen (secondary N) is 2. The van der Waals surface area contributed by atoms with Crippen molar-refractivity contribution < 1.29 is 9.59 Å². The standard InChI is InChI=1S/C20H19N5O2/c1-3-13(2)22-19(26)17-16-9-4-5-10-25(16)18(24-17)20(27)23-15-8-6-7-14(11-15)12-21/h4-11,13H,3H2,1-2H3,(H,22,26)(H,23,27). The maximum absolute atomic E-state index is 12.7. The minimum Gasteiger partial charge on any atom is -0.348 e. The van der Waals surface area contributed by atoms with Gasteiger partial charge in [-0.15, -0.1) is 0 Å². The highest BCUT2D eigenvalue weighted by Crippen LogP contribution is 2.16. The summed E-state index contributed by atoms with van der Waals surface area (Å²) in [6.45, 7) is 3.89. The SMILES string of the molecule is CCC(C)NC(=O)c1nc(C(=O)Nc2cccc(C#N)c2)n2ccccc12. The average Bonchev–Trinajstić information content (AvgIpc) is 3.08. The number of fused-ring (bicyclic) bond motifs is 1. The van der Waals surface area contributed by atoms with Crippen molar-refractivity contribution in [2.45, 2.75) is 26.3 Å². The topological polar surface area (TPSA) is 99.3 Å². The van der Waals surface area contributed by atoms with E-state index in [-0.39, 0.29) is 23.5 Å². The second-order valence-electron chi connectivity index (χ2n) is 6.17. The van der Waals surface area contributed by atoms with Crippen LogP contribution in [0, 0.1) is 11.3 Å². The Morgan fingerprint density at radius 1 is 1.22 bits per heavy atom. The summed E-state index contributed by atoms with van der Waals surface area (Å²) in [5.74, 6) is -0.685. The molecule has 3 aromatic rings. The van der Waals surface area contributed by atoms with Gasteiger partial charge >= 0.3 is 0 Å². The minimum atomic E-state index is -0.464. The van der Waals surface area contributed by atoms with Crippen molar-refractivity contribution >= 4 is 23.0 Å². The van der Waals surface area contributed by atoms with Crippen LogP contribution in [0.4, 0.5) is 5.69 Å². The third-order valence-electron chi connectivity index (χ3n) is 4.21. The molecule has 7 heteroatoms. The number of rotatable bonds is 5. The van der Waals surface area contributed by atoms with Crippen molar-refractivity contribution in [3.63, 3.8) is 0 Å². The molecule has 0 bridgehead atoms. The predicted octanol–water partition coefficient (Wildman–Crippen LogP) is 2.99. The van der Waals surface area contributed by atoms with Gasteiger partial charge in [-0.3, -0.25) is 14.0 Å². The first-order valence-electron chi connectivity index (χ1n) is 8.63. The average molecular weight is 361 g/mol. The van der Waals surface area contributed by atoms with Crippen LogP contribution in [-0.2, 0) is 0 Å². The van der Waals surface area contributed by atoms with Gasteiger partial charge in [0.2, 0.25) is 5.82 Å². The van der Waals surface area contributed by atoms with E-state index in [9.17, 15) is 9.59 Å². The Kier molecular flexibility index (Phi) is 5.18. The van der Waals surface area contributed by atoms with Gasteiger partial charge in [-0.05, 0) is 43.7 Å². The molecule has 0 aliphatic rings. The molecule has 0 fully saturated rings. The second-order valence-corrected chi connectivity index (χ2v) is 6.17. The summed E-state index contributed by atoms with van der Waals surface area (Å²) in [6, 6.07) is 13.9. The fourth-order valence-corrected chi connectivity index (χ4v) is 2.61. The molecule has 0 radical (unpaired) electrons. The van der Waals surface area contributed by atoms with Gasteiger partial charge in [0.05, 0.1) is 17.1 Å². The number of carbonyl (C=O) groups excluding carboxylic acids is 2. The van der Waals surface area contributed by atoms with E-state index in [1.54, 1.807) is 53.1 Å². The van der Waals surface area contributed by atoms with E-state index >= 15 is 0 Å². The smallest absolute Gasteiger partial charge is 0.292 e. The Balaban J connectivity index is 1.95. The zero-order valence-electron chi connectivity index (χ0n) is 15.1. The van der Waals surface area contributed by atoms with Gasteiger partial charge in [-0.1, -0.05) is 19.1 Å². The fraction of sp³-hybridized carbons (Fsp3) is 0.200. The van der Waals surface area contributed by atoms with Crippen LogP contribution in [0.5, 0.6) is 0 Å². The molecule has 1 atom stereocenters. The summed E-state index contributed by atoms with van der Waals surface area (Å²) in [7, 11) is 0. The van der Waals surface area contributed by atoms with Crippen LogP contribution in [0.3, 0.4) is 0 Å². The Labute approximate surface area is 156 Å². The molecule has 0 saturated carbocycles. The number of benzene rings is 1. The van der Waals surface area contributed by atoms with Crippen LogP contribution in [0.25, 0.3) is 5.52 Å². The van der Waals surface area contributed by atoms with Gasteiger partial charge in [0.25, 0.3) is 11.8 Å². The van der Waals surface area contributed by atoms with Crippen LogP contribution < -0.4 is 10.6 Å². The van der Waals surface area contributed by atoms with Crippen LogP contribution in [0.2, 0.25) is 0 Å². The molecule has 0 aliphatic heterocycles. The number of carbonyl (C=O) groups is 2. The van der Waals surface area contributed by atoms with Crippen LogP contribution in [0.15, 0.2) is 48.7 Å². The van der Waals surface area contributed by atoms with Crippen molar-refractivity contribution in [1.29, 1.82) is 5.26 Å². The molecule has 136 valence electrons. The van der Waals surface area contributed by atoms with E-state index in [1.165, 1.54) is 0 Å². The Morgan fingerprint density at radius 3 is 2.78 bits per heavy atom. The van der Waals surface area contributed by atoms with Crippen LogP contribution in [0.1, 0.15) is 46.9 Å². The fourth-order valence-electron chi connectivity index (χ4n) is 2.61. The lowest BCUT2D eigenvalue weighted by atomic mass is 10.2. The third kappa shape index (κ3) is 3.80. The summed E-state index contributed by atoms with van der Waals surface area (Å²) >= 11 is 0. The molecule has 2 N–H and O–H groups in total. The number of hydrogen-bond acceptors (Lipinski definition) is 4. The predicted molar refractivity (Wildman–Crippen MR) is 102 cm³/mol. The molecule has 1 aromatic carbocycles. The van der Waals surface area contributed by atoms with E-state index in [0.717, 1.165) is 6.42 Å². The first kappa shape index (κ1) is 18.1. The van der Waals surface area contributed by atoms with Crippen LogP contribution >= 0.6 is 0 Å². The minimum absolute atomic E-state index is 0.00367. The molecule has 3 rings (SSSR count). The van der Waals surface area contributed by atoms with Gasteiger partial charge in [-0.25, -0.2) is 4.98 Å². The first-order chi connectivity index (χ1) is 13.0.